The summed E-state index contributed by atoms with van der Waals surface area (Å²) in [6, 6.07) is 21.6. The molecule has 0 unspecified atom stereocenters. The summed E-state index contributed by atoms with van der Waals surface area (Å²) in [5.41, 5.74) is 1.82. The minimum atomic E-state index is -3.69. The Hall–Kier alpha value is -3.76. The Balaban J connectivity index is 1.36. The number of carbonyl (C=O) groups excluding carboxylic acids is 1. The van der Waals surface area contributed by atoms with Crippen molar-refractivity contribution < 1.29 is 22.9 Å². The van der Waals surface area contributed by atoms with E-state index < -0.39 is 21.0 Å². The number of non-ortho nitro benzene ring substituents is 1. The molecule has 33 heavy (non-hydrogen) atoms. The maximum atomic E-state index is 13.0. The lowest BCUT2D eigenvalue weighted by molar-refractivity contribution is -0.384. The van der Waals surface area contributed by atoms with Gasteiger partial charge >= 0.3 is 6.09 Å². The highest BCUT2D eigenvalue weighted by Gasteiger charge is 2.31. The average molecular weight is 468 g/mol. The van der Waals surface area contributed by atoms with Crippen LogP contribution >= 0.6 is 0 Å². The van der Waals surface area contributed by atoms with E-state index in [0.717, 1.165) is 11.1 Å². The van der Waals surface area contributed by atoms with Crippen molar-refractivity contribution in [3.05, 3.63) is 89.0 Å². The van der Waals surface area contributed by atoms with Gasteiger partial charge in [0.1, 0.15) is 5.75 Å². The van der Waals surface area contributed by atoms with Gasteiger partial charge in [0.15, 0.2) is 0 Å². The molecule has 9 nitrogen and oxygen atoms in total. The Morgan fingerprint density at radius 3 is 1.97 bits per heavy atom. The third-order valence-corrected chi connectivity index (χ3v) is 7.26. The summed E-state index contributed by atoms with van der Waals surface area (Å²) in [7, 11) is -3.69. The molecule has 1 aliphatic heterocycles. The van der Waals surface area contributed by atoms with Crippen LogP contribution < -0.4 is 4.74 Å². The number of hydrogen-bond acceptors (Lipinski definition) is 6. The number of piperazine rings is 1. The monoisotopic (exact) mass is 467 g/mol. The quantitative estimate of drug-likeness (QED) is 0.417. The van der Waals surface area contributed by atoms with Crippen molar-refractivity contribution in [3.63, 3.8) is 0 Å². The Bertz CT molecular complexity index is 1240. The fraction of sp³-hybridized carbons (Fsp3) is 0.174. The van der Waals surface area contributed by atoms with E-state index >= 15 is 0 Å². The standard InChI is InChI=1S/C23H21N3O6S/c27-23(32-21-10-8-20(9-11-21)26(28)29)24-14-16-25(17-15-24)33(30,31)22-12-6-19(7-13-22)18-4-2-1-3-5-18/h1-13H,14-17H2. The smallest absolute Gasteiger partial charge is 0.410 e. The topological polar surface area (TPSA) is 110 Å². The van der Waals surface area contributed by atoms with Gasteiger partial charge in [0.2, 0.25) is 10.0 Å². The molecule has 3 aromatic carbocycles. The van der Waals surface area contributed by atoms with Gasteiger partial charge in [-0.2, -0.15) is 4.31 Å². The van der Waals surface area contributed by atoms with Crippen LogP contribution in [0.3, 0.4) is 0 Å². The molecule has 0 atom stereocenters. The minimum absolute atomic E-state index is 0.106. The molecule has 4 rings (SSSR count). The van der Waals surface area contributed by atoms with E-state index in [1.165, 1.54) is 33.5 Å². The van der Waals surface area contributed by atoms with Gasteiger partial charge in [0, 0.05) is 38.3 Å². The van der Waals surface area contributed by atoms with E-state index in [1.807, 2.05) is 30.3 Å². The molecule has 0 radical (unpaired) electrons. The summed E-state index contributed by atoms with van der Waals surface area (Å²) < 4.78 is 32.6. The van der Waals surface area contributed by atoms with Crippen LogP contribution in [-0.2, 0) is 10.0 Å². The van der Waals surface area contributed by atoms with Crippen molar-refractivity contribution in [1.29, 1.82) is 0 Å². The van der Waals surface area contributed by atoms with Crippen LogP contribution in [0.2, 0.25) is 0 Å². The van der Waals surface area contributed by atoms with Crippen LogP contribution in [0.15, 0.2) is 83.8 Å². The zero-order valence-electron chi connectivity index (χ0n) is 17.5. The van der Waals surface area contributed by atoms with E-state index in [-0.39, 0.29) is 42.5 Å². The number of carbonyl (C=O) groups is 1. The molecule has 0 spiro atoms. The van der Waals surface area contributed by atoms with Crippen LogP contribution in [0.1, 0.15) is 0 Å². The Labute approximate surface area is 191 Å². The highest BCUT2D eigenvalue weighted by Crippen LogP contribution is 2.24. The molecule has 0 saturated carbocycles. The number of sulfonamides is 1. The molecule has 0 aromatic heterocycles. The van der Waals surface area contributed by atoms with Gasteiger partial charge in [-0.1, -0.05) is 42.5 Å². The molecule has 0 N–H and O–H groups in total. The van der Waals surface area contributed by atoms with Crippen molar-refractivity contribution in [3.8, 4) is 16.9 Å². The molecule has 1 aliphatic rings. The summed E-state index contributed by atoms with van der Waals surface area (Å²) >= 11 is 0. The molecule has 1 amide bonds. The van der Waals surface area contributed by atoms with Gasteiger partial charge in [-0.25, -0.2) is 13.2 Å². The van der Waals surface area contributed by atoms with Gasteiger partial charge in [-0.15, -0.1) is 0 Å². The van der Waals surface area contributed by atoms with E-state index in [2.05, 4.69) is 0 Å². The van der Waals surface area contributed by atoms with Crippen LogP contribution in [0, 0.1) is 10.1 Å². The number of benzene rings is 3. The molecular formula is C23H21N3O6S. The first-order valence-electron chi connectivity index (χ1n) is 10.2. The van der Waals surface area contributed by atoms with Crippen molar-refractivity contribution in [1.82, 2.24) is 9.21 Å². The zero-order chi connectivity index (χ0) is 23.4. The molecule has 3 aromatic rings. The lowest BCUT2D eigenvalue weighted by Crippen LogP contribution is -2.51. The van der Waals surface area contributed by atoms with E-state index in [4.69, 9.17) is 4.74 Å². The third kappa shape index (κ3) is 5.02. The summed E-state index contributed by atoms with van der Waals surface area (Å²) in [6.45, 7) is 0.622. The maximum Gasteiger partial charge on any atom is 0.415 e. The molecule has 10 heteroatoms. The lowest BCUT2D eigenvalue weighted by Gasteiger charge is -2.33. The SMILES string of the molecule is O=C(Oc1ccc([N+](=O)[O-])cc1)N1CCN(S(=O)(=O)c2ccc(-c3ccccc3)cc2)CC1. The fourth-order valence-corrected chi connectivity index (χ4v) is 4.93. The molecule has 0 bridgehead atoms. The summed E-state index contributed by atoms with van der Waals surface area (Å²) in [6.07, 6.45) is -0.631. The number of hydrogen-bond donors (Lipinski definition) is 0. The number of nitrogens with zero attached hydrogens (tertiary/aromatic N) is 3. The number of ether oxygens (including phenoxy) is 1. The first-order chi connectivity index (χ1) is 15.8. The Kier molecular flexibility index (Phi) is 6.38. The first kappa shape index (κ1) is 22.4. The highest BCUT2D eigenvalue weighted by molar-refractivity contribution is 7.89. The van der Waals surface area contributed by atoms with Crippen molar-refractivity contribution in [2.24, 2.45) is 0 Å². The molecule has 1 heterocycles. The molecular weight excluding hydrogens is 446 g/mol. The van der Waals surface area contributed by atoms with E-state index in [9.17, 15) is 23.3 Å². The number of rotatable bonds is 5. The van der Waals surface area contributed by atoms with Gasteiger partial charge in [0.25, 0.3) is 5.69 Å². The molecule has 1 fully saturated rings. The van der Waals surface area contributed by atoms with Crippen molar-refractivity contribution in [2.45, 2.75) is 4.90 Å². The molecule has 170 valence electrons. The second kappa shape index (κ2) is 9.39. The number of nitro groups is 1. The minimum Gasteiger partial charge on any atom is -0.410 e. The van der Waals surface area contributed by atoms with Crippen LogP contribution in [0.4, 0.5) is 10.5 Å². The van der Waals surface area contributed by atoms with Gasteiger partial charge < -0.3 is 9.64 Å². The van der Waals surface area contributed by atoms with Gasteiger partial charge in [-0.05, 0) is 35.4 Å². The van der Waals surface area contributed by atoms with Crippen molar-refractivity contribution >= 4 is 21.8 Å². The average Bonchev–Trinajstić information content (AvgIpc) is 2.85. The predicted octanol–water partition coefficient (Wildman–Crippen LogP) is 3.77. The number of nitro benzene ring substituents is 1. The van der Waals surface area contributed by atoms with Gasteiger partial charge in [-0.3, -0.25) is 10.1 Å². The summed E-state index contributed by atoms with van der Waals surface area (Å²) in [5.74, 6) is 0.180. The lowest BCUT2D eigenvalue weighted by atomic mass is 10.1. The number of amides is 1. The zero-order valence-corrected chi connectivity index (χ0v) is 18.3. The maximum absolute atomic E-state index is 13.0. The highest BCUT2D eigenvalue weighted by atomic mass is 32.2. The summed E-state index contributed by atoms with van der Waals surface area (Å²) in [4.78, 5) is 24.2. The summed E-state index contributed by atoms with van der Waals surface area (Å²) in [5, 5.41) is 10.7. The Morgan fingerprint density at radius 2 is 1.39 bits per heavy atom. The van der Waals surface area contributed by atoms with Crippen molar-refractivity contribution in [2.75, 3.05) is 26.2 Å². The Morgan fingerprint density at radius 1 is 0.818 bits per heavy atom. The van der Waals surface area contributed by atoms with Crippen LogP contribution in [-0.4, -0.2) is 54.8 Å². The normalized spacial score (nSPS) is 14.6. The first-order valence-corrected chi connectivity index (χ1v) is 11.7. The van der Waals surface area contributed by atoms with E-state index in [1.54, 1.807) is 24.3 Å². The predicted molar refractivity (Wildman–Crippen MR) is 121 cm³/mol. The second-order valence-electron chi connectivity index (χ2n) is 7.40. The fourth-order valence-electron chi connectivity index (χ4n) is 3.51. The second-order valence-corrected chi connectivity index (χ2v) is 9.34. The third-order valence-electron chi connectivity index (χ3n) is 5.35. The molecule has 0 aliphatic carbocycles. The van der Waals surface area contributed by atoms with E-state index in [0.29, 0.717) is 0 Å². The molecule has 1 saturated heterocycles. The largest absolute Gasteiger partial charge is 0.415 e. The van der Waals surface area contributed by atoms with Crippen LogP contribution in [0.25, 0.3) is 11.1 Å². The van der Waals surface area contributed by atoms with Gasteiger partial charge in [0.05, 0.1) is 9.82 Å². The van der Waals surface area contributed by atoms with Crippen LogP contribution in [0.5, 0.6) is 5.75 Å².